The van der Waals surface area contributed by atoms with Crippen molar-refractivity contribution in [2.24, 2.45) is 0 Å². The summed E-state index contributed by atoms with van der Waals surface area (Å²) in [6, 6.07) is 0. The van der Waals surface area contributed by atoms with Crippen molar-refractivity contribution in [3.63, 3.8) is 0 Å². The van der Waals surface area contributed by atoms with E-state index in [1.807, 2.05) is 27.7 Å². The molecular weight excluding hydrogens is 196 g/mol. The smallest absolute Gasteiger partial charge is 0.185 e. The fourth-order valence-corrected chi connectivity index (χ4v) is 1.24. The van der Waals surface area contributed by atoms with Gasteiger partial charge in [0.05, 0.1) is 6.61 Å². The first-order valence-electron chi connectivity index (χ1n) is 5.72. The van der Waals surface area contributed by atoms with Crippen molar-refractivity contribution in [3.8, 4) is 0 Å². The van der Waals surface area contributed by atoms with E-state index in [9.17, 15) is 0 Å². The average Bonchev–Trinajstić information content (AvgIpc) is 2.24. The molecule has 0 fully saturated rings. The van der Waals surface area contributed by atoms with Crippen molar-refractivity contribution in [1.29, 1.82) is 0 Å². The van der Waals surface area contributed by atoms with Crippen LogP contribution in [-0.4, -0.2) is 45.4 Å². The fraction of sp³-hybridized carbons (Fsp3) is 1.00. The van der Waals surface area contributed by atoms with Gasteiger partial charge >= 0.3 is 0 Å². The Morgan fingerprint density at radius 3 is 1.67 bits per heavy atom. The van der Waals surface area contributed by atoms with Gasteiger partial charge in [-0.25, -0.2) is 0 Å². The van der Waals surface area contributed by atoms with Gasteiger partial charge in [0, 0.05) is 26.4 Å². The third kappa shape index (κ3) is 6.84. The van der Waals surface area contributed by atoms with E-state index in [0.717, 1.165) is 0 Å². The van der Waals surface area contributed by atoms with Gasteiger partial charge in [0.25, 0.3) is 0 Å². The van der Waals surface area contributed by atoms with Gasteiger partial charge < -0.3 is 18.9 Å². The standard InChI is InChI=1S/C11H24O4/c1-5-12-9-10(13-6-2)11(14-7-3)15-8-4/h10-11H,5-9H2,1-4H3. The molecule has 0 radical (unpaired) electrons. The minimum atomic E-state index is -0.327. The molecule has 0 aromatic carbocycles. The Bertz CT molecular complexity index is 124. The molecule has 0 aromatic heterocycles. The number of hydrogen-bond donors (Lipinski definition) is 0. The summed E-state index contributed by atoms with van der Waals surface area (Å²) in [6.07, 6.45) is -0.471. The third-order valence-corrected chi connectivity index (χ3v) is 1.83. The minimum absolute atomic E-state index is 0.144. The van der Waals surface area contributed by atoms with Crippen molar-refractivity contribution in [1.82, 2.24) is 0 Å². The maximum absolute atomic E-state index is 5.54. The summed E-state index contributed by atoms with van der Waals surface area (Å²) in [6.45, 7) is 10.8. The Morgan fingerprint density at radius 1 is 0.733 bits per heavy atom. The van der Waals surface area contributed by atoms with Crippen LogP contribution in [0.2, 0.25) is 0 Å². The maximum atomic E-state index is 5.54. The summed E-state index contributed by atoms with van der Waals surface area (Å²) in [5, 5.41) is 0. The predicted molar refractivity (Wildman–Crippen MR) is 58.9 cm³/mol. The highest BCUT2D eigenvalue weighted by Gasteiger charge is 2.22. The molecule has 0 rings (SSSR count). The predicted octanol–water partition coefficient (Wildman–Crippen LogP) is 1.83. The van der Waals surface area contributed by atoms with Gasteiger partial charge in [-0.2, -0.15) is 0 Å². The lowest BCUT2D eigenvalue weighted by molar-refractivity contribution is -0.213. The zero-order valence-corrected chi connectivity index (χ0v) is 10.3. The lowest BCUT2D eigenvalue weighted by Gasteiger charge is -2.26. The van der Waals surface area contributed by atoms with Crippen LogP contribution in [0.1, 0.15) is 27.7 Å². The number of rotatable bonds is 10. The Hall–Kier alpha value is -0.160. The topological polar surface area (TPSA) is 36.9 Å². The molecule has 15 heavy (non-hydrogen) atoms. The summed E-state index contributed by atoms with van der Waals surface area (Å²) >= 11 is 0. The molecule has 0 aliphatic heterocycles. The van der Waals surface area contributed by atoms with E-state index < -0.39 is 0 Å². The molecule has 4 heteroatoms. The molecule has 0 saturated carbocycles. The van der Waals surface area contributed by atoms with Crippen molar-refractivity contribution in [3.05, 3.63) is 0 Å². The molecule has 0 aromatic rings. The molecule has 92 valence electrons. The highest BCUT2D eigenvalue weighted by Crippen LogP contribution is 2.07. The third-order valence-electron chi connectivity index (χ3n) is 1.83. The van der Waals surface area contributed by atoms with Crippen LogP contribution in [0.15, 0.2) is 0 Å². The highest BCUT2D eigenvalue weighted by molar-refractivity contribution is 4.62. The van der Waals surface area contributed by atoms with Crippen LogP contribution in [0.25, 0.3) is 0 Å². The van der Waals surface area contributed by atoms with Crippen LogP contribution in [0.5, 0.6) is 0 Å². The molecule has 0 aliphatic carbocycles. The van der Waals surface area contributed by atoms with Crippen LogP contribution < -0.4 is 0 Å². The molecule has 0 N–H and O–H groups in total. The van der Waals surface area contributed by atoms with E-state index in [4.69, 9.17) is 18.9 Å². The zero-order chi connectivity index (χ0) is 11.5. The first-order chi connectivity index (χ1) is 7.29. The molecule has 1 atom stereocenters. The van der Waals surface area contributed by atoms with Crippen LogP contribution in [0.3, 0.4) is 0 Å². The molecule has 4 nitrogen and oxygen atoms in total. The monoisotopic (exact) mass is 220 g/mol. The van der Waals surface area contributed by atoms with Crippen molar-refractivity contribution in [2.45, 2.75) is 40.1 Å². The quantitative estimate of drug-likeness (QED) is 0.526. The largest absolute Gasteiger partial charge is 0.379 e. The van der Waals surface area contributed by atoms with Gasteiger partial charge in [-0.1, -0.05) is 0 Å². The van der Waals surface area contributed by atoms with Crippen molar-refractivity contribution < 1.29 is 18.9 Å². The number of hydrogen-bond acceptors (Lipinski definition) is 4. The van der Waals surface area contributed by atoms with E-state index >= 15 is 0 Å². The van der Waals surface area contributed by atoms with E-state index in [2.05, 4.69) is 0 Å². The van der Waals surface area contributed by atoms with Gasteiger partial charge in [0.15, 0.2) is 6.29 Å². The Labute approximate surface area is 92.8 Å². The molecule has 0 saturated heterocycles. The summed E-state index contributed by atoms with van der Waals surface area (Å²) < 4.78 is 21.8. The van der Waals surface area contributed by atoms with E-state index in [0.29, 0.717) is 33.0 Å². The van der Waals surface area contributed by atoms with Crippen molar-refractivity contribution >= 4 is 0 Å². The maximum Gasteiger partial charge on any atom is 0.185 e. The van der Waals surface area contributed by atoms with Gasteiger partial charge in [-0.05, 0) is 27.7 Å². The van der Waals surface area contributed by atoms with Crippen LogP contribution in [0.4, 0.5) is 0 Å². The van der Waals surface area contributed by atoms with Gasteiger partial charge in [0.2, 0.25) is 0 Å². The molecular formula is C11H24O4. The second kappa shape index (κ2) is 10.4. The lowest BCUT2D eigenvalue weighted by Crippen LogP contribution is -2.38. The lowest BCUT2D eigenvalue weighted by atomic mass is 10.3. The summed E-state index contributed by atoms with van der Waals surface area (Å²) in [7, 11) is 0. The van der Waals surface area contributed by atoms with Gasteiger partial charge in [-0.3, -0.25) is 0 Å². The van der Waals surface area contributed by atoms with Crippen LogP contribution >= 0.6 is 0 Å². The minimum Gasteiger partial charge on any atom is -0.379 e. The Morgan fingerprint density at radius 2 is 1.27 bits per heavy atom. The molecule has 0 bridgehead atoms. The molecule has 0 amide bonds. The van der Waals surface area contributed by atoms with Crippen molar-refractivity contribution in [2.75, 3.05) is 33.0 Å². The molecule has 0 spiro atoms. The summed E-state index contributed by atoms with van der Waals surface area (Å²) in [5.74, 6) is 0. The van der Waals surface area contributed by atoms with E-state index in [1.165, 1.54) is 0 Å². The molecule has 0 heterocycles. The SMILES string of the molecule is CCOCC(OCC)C(OCC)OCC. The van der Waals surface area contributed by atoms with E-state index in [-0.39, 0.29) is 12.4 Å². The van der Waals surface area contributed by atoms with Gasteiger partial charge in [-0.15, -0.1) is 0 Å². The van der Waals surface area contributed by atoms with Crippen LogP contribution in [0, 0.1) is 0 Å². The zero-order valence-electron chi connectivity index (χ0n) is 10.3. The number of ether oxygens (including phenoxy) is 4. The summed E-state index contributed by atoms with van der Waals surface area (Å²) in [4.78, 5) is 0. The highest BCUT2D eigenvalue weighted by atomic mass is 16.7. The first kappa shape index (κ1) is 14.8. The first-order valence-corrected chi connectivity index (χ1v) is 5.72. The second-order valence-corrected chi connectivity index (χ2v) is 2.93. The normalized spacial score (nSPS) is 13.4. The molecule has 0 aliphatic rings. The molecule has 1 unspecified atom stereocenters. The average molecular weight is 220 g/mol. The fourth-order valence-electron chi connectivity index (χ4n) is 1.24. The van der Waals surface area contributed by atoms with E-state index in [1.54, 1.807) is 0 Å². The van der Waals surface area contributed by atoms with Crippen LogP contribution in [-0.2, 0) is 18.9 Å². The Kier molecular flexibility index (Phi) is 10.3. The second-order valence-electron chi connectivity index (χ2n) is 2.93. The van der Waals surface area contributed by atoms with Gasteiger partial charge in [0.1, 0.15) is 6.10 Å². The Balaban J connectivity index is 4.09. The summed E-state index contributed by atoms with van der Waals surface area (Å²) in [5.41, 5.74) is 0.